The molecule has 1 fully saturated rings. The highest BCUT2D eigenvalue weighted by molar-refractivity contribution is 5.83. The van der Waals surface area contributed by atoms with Gasteiger partial charge in [-0.2, -0.15) is 5.10 Å². The molecule has 3 aromatic rings. The topological polar surface area (TPSA) is 30.3 Å². The van der Waals surface area contributed by atoms with E-state index in [9.17, 15) is 4.39 Å². The standard InChI is InChI=1S/C19H20FN3O/c20-18-5-3-15(4-6-18)16-1-2-17-14-23(21-19(17)13-16)8-7-22-9-11-24-12-10-22/h1-6,13-14H,7-12H2. The number of rotatable bonds is 4. The first-order valence-corrected chi connectivity index (χ1v) is 8.31. The van der Waals surface area contributed by atoms with Gasteiger partial charge in [0.1, 0.15) is 5.82 Å². The van der Waals surface area contributed by atoms with Crippen molar-refractivity contribution in [3.8, 4) is 11.1 Å². The number of aromatic nitrogens is 2. The highest BCUT2D eigenvalue weighted by Gasteiger charge is 2.10. The van der Waals surface area contributed by atoms with Crippen LogP contribution >= 0.6 is 0 Å². The zero-order chi connectivity index (χ0) is 16.4. The SMILES string of the molecule is Fc1ccc(-c2ccc3cn(CCN4CCOCC4)nc3c2)cc1. The lowest BCUT2D eigenvalue weighted by Crippen LogP contribution is -2.38. The first-order valence-electron chi connectivity index (χ1n) is 8.31. The average Bonchev–Trinajstić information content (AvgIpc) is 3.03. The zero-order valence-electron chi connectivity index (χ0n) is 13.5. The van der Waals surface area contributed by atoms with Gasteiger partial charge in [0.2, 0.25) is 0 Å². The van der Waals surface area contributed by atoms with Crippen LogP contribution in [0.25, 0.3) is 22.0 Å². The van der Waals surface area contributed by atoms with E-state index in [1.165, 1.54) is 12.1 Å². The summed E-state index contributed by atoms with van der Waals surface area (Å²) in [6, 6.07) is 12.8. The lowest BCUT2D eigenvalue weighted by Gasteiger charge is -2.26. The number of ether oxygens (including phenoxy) is 1. The van der Waals surface area contributed by atoms with E-state index in [0.29, 0.717) is 0 Å². The van der Waals surface area contributed by atoms with Gasteiger partial charge in [-0.25, -0.2) is 4.39 Å². The largest absolute Gasteiger partial charge is 0.379 e. The zero-order valence-corrected chi connectivity index (χ0v) is 13.5. The first kappa shape index (κ1) is 15.3. The lowest BCUT2D eigenvalue weighted by atomic mass is 10.0. The number of hydrogen-bond acceptors (Lipinski definition) is 3. The van der Waals surface area contributed by atoms with Crippen molar-refractivity contribution in [2.75, 3.05) is 32.8 Å². The summed E-state index contributed by atoms with van der Waals surface area (Å²) in [5, 5.41) is 5.81. The summed E-state index contributed by atoms with van der Waals surface area (Å²) >= 11 is 0. The van der Waals surface area contributed by atoms with Crippen molar-refractivity contribution in [2.24, 2.45) is 0 Å². The van der Waals surface area contributed by atoms with E-state index in [1.54, 1.807) is 12.1 Å². The number of morpholine rings is 1. The molecule has 1 aliphatic rings. The molecule has 2 aromatic carbocycles. The van der Waals surface area contributed by atoms with Crippen LogP contribution in [0.5, 0.6) is 0 Å². The van der Waals surface area contributed by atoms with Crippen LogP contribution in [0, 0.1) is 5.82 Å². The van der Waals surface area contributed by atoms with Gasteiger partial charge < -0.3 is 4.74 Å². The molecule has 0 N–H and O–H groups in total. The summed E-state index contributed by atoms with van der Waals surface area (Å²) < 4.78 is 20.5. The normalized spacial score (nSPS) is 15.9. The van der Waals surface area contributed by atoms with Gasteiger partial charge >= 0.3 is 0 Å². The van der Waals surface area contributed by atoms with Crippen molar-refractivity contribution < 1.29 is 9.13 Å². The molecule has 0 bridgehead atoms. The fraction of sp³-hybridized carbons (Fsp3) is 0.316. The third-order valence-electron chi connectivity index (χ3n) is 4.48. The van der Waals surface area contributed by atoms with Crippen LogP contribution in [0.15, 0.2) is 48.7 Å². The molecule has 0 amide bonds. The minimum atomic E-state index is -0.216. The molecule has 0 spiro atoms. The molecule has 0 radical (unpaired) electrons. The predicted octanol–water partition coefficient (Wildman–Crippen LogP) is 3.17. The van der Waals surface area contributed by atoms with Crippen LogP contribution in [0.1, 0.15) is 0 Å². The monoisotopic (exact) mass is 325 g/mol. The van der Waals surface area contributed by atoms with Gasteiger partial charge in [0, 0.05) is 31.2 Å². The Bertz CT molecular complexity index is 822. The van der Waals surface area contributed by atoms with Gasteiger partial charge in [-0.1, -0.05) is 24.3 Å². The number of fused-ring (bicyclic) bond motifs is 1. The highest BCUT2D eigenvalue weighted by Crippen LogP contribution is 2.24. The van der Waals surface area contributed by atoms with E-state index in [2.05, 4.69) is 34.4 Å². The van der Waals surface area contributed by atoms with Crippen molar-refractivity contribution in [1.29, 1.82) is 0 Å². The van der Waals surface area contributed by atoms with Crippen LogP contribution in [0.2, 0.25) is 0 Å². The summed E-state index contributed by atoms with van der Waals surface area (Å²) in [4.78, 5) is 2.40. The molecule has 0 aliphatic carbocycles. The summed E-state index contributed by atoms with van der Waals surface area (Å²) in [6.07, 6.45) is 2.09. The Labute approximate surface area is 140 Å². The summed E-state index contributed by atoms with van der Waals surface area (Å²) in [5.74, 6) is -0.216. The second kappa shape index (κ2) is 6.71. The molecule has 1 saturated heterocycles. The van der Waals surface area contributed by atoms with Crippen molar-refractivity contribution in [2.45, 2.75) is 6.54 Å². The van der Waals surface area contributed by atoms with Gasteiger partial charge in [0.15, 0.2) is 0 Å². The molecule has 124 valence electrons. The highest BCUT2D eigenvalue weighted by atomic mass is 19.1. The van der Waals surface area contributed by atoms with Crippen LogP contribution in [0.3, 0.4) is 0 Å². The minimum Gasteiger partial charge on any atom is -0.379 e. The van der Waals surface area contributed by atoms with Crippen LogP contribution in [-0.4, -0.2) is 47.5 Å². The van der Waals surface area contributed by atoms with Crippen molar-refractivity contribution >= 4 is 10.9 Å². The van der Waals surface area contributed by atoms with E-state index in [4.69, 9.17) is 4.74 Å². The van der Waals surface area contributed by atoms with E-state index in [1.807, 2.05) is 4.68 Å². The molecule has 4 nitrogen and oxygen atoms in total. The molecule has 4 rings (SSSR count). The third-order valence-corrected chi connectivity index (χ3v) is 4.48. The van der Waals surface area contributed by atoms with Gasteiger partial charge in [0.25, 0.3) is 0 Å². The second-order valence-corrected chi connectivity index (χ2v) is 6.13. The Hall–Kier alpha value is -2.24. The van der Waals surface area contributed by atoms with Gasteiger partial charge in [0.05, 0.1) is 25.3 Å². The fourth-order valence-corrected chi connectivity index (χ4v) is 3.07. The predicted molar refractivity (Wildman–Crippen MR) is 92.4 cm³/mol. The van der Waals surface area contributed by atoms with Crippen LogP contribution in [0.4, 0.5) is 4.39 Å². The van der Waals surface area contributed by atoms with E-state index >= 15 is 0 Å². The Balaban J connectivity index is 1.51. The average molecular weight is 325 g/mol. The van der Waals surface area contributed by atoms with Crippen molar-refractivity contribution in [3.05, 3.63) is 54.5 Å². The Morgan fingerprint density at radius 2 is 1.71 bits per heavy atom. The van der Waals surface area contributed by atoms with E-state index in [-0.39, 0.29) is 5.82 Å². The molecule has 0 atom stereocenters. The quantitative estimate of drug-likeness (QED) is 0.738. The van der Waals surface area contributed by atoms with Gasteiger partial charge in [-0.05, 0) is 29.3 Å². The maximum atomic E-state index is 13.1. The third kappa shape index (κ3) is 3.32. The number of benzene rings is 2. The number of nitrogens with zero attached hydrogens (tertiary/aromatic N) is 3. The molecule has 0 saturated carbocycles. The van der Waals surface area contributed by atoms with Gasteiger partial charge in [-0.3, -0.25) is 9.58 Å². The Kier molecular flexibility index (Phi) is 4.28. The van der Waals surface area contributed by atoms with E-state index in [0.717, 1.165) is 61.4 Å². The number of halogens is 1. The summed E-state index contributed by atoms with van der Waals surface area (Å²) in [6.45, 7) is 5.50. The summed E-state index contributed by atoms with van der Waals surface area (Å²) in [7, 11) is 0. The maximum absolute atomic E-state index is 13.1. The van der Waals surface area contributed by atoms with Crippen molar-refractivity contribution in [1.82, 2.24) is 14.7 Å². The van der Waals surface area contributed by atoms with Crippen LogP contribution in [-0.2, 0) is 11.3 Å². The molecule has 1 aliphatic heterocycles. The molecular formula is C19H20FN3O. The van der Waals surface area contributed by atoms with Gasteiger partial charge in [-0.15, -0.1) is 0 Å². The van der Waals surface area contributed by atoms with Crippen LogP contribution < -0.4 is 0 Å². The van der Waals surface area contributed by atoms with E-state index < -0.39 is 0 Å². The first-order chi connectivity index (χ1) is 11.8. The fourth-order valence-electron chi connectivity index (χ4n) is 3.07. The molecule has 24 heavy (non-hydrogen) atoms. The molecule has 1 aromatic heterocycles. The maximum Gasteiger partial charge on any atom is 0.123 e. The Morgan fingerprint density at radius 1 is 0.958 bits per heavy atom. The molecule has 5 heteroatoms. The van der Waals surface area contributed by atoms with Crippen molar-refractivity contribution in [3.63, 3.8) is 0 Å². The molecule has 0 unspecified atom stereocenters. The smallest absolute Gasteiger partial charge is 0.123 e. The minimum absolute atomic E-state index is 0.216. The second-order valence-electron chi connectivity index (χ2n) is 6.13. The molecule has 2 heterocycles. The molecular weight excluding hydrogens is 305 g/mol. The number of hydrogen-bond donors (Lipinski definition) is 0. The Morgan fingerprint density at radius 3 is 2.50 bits per heavy atom. The lowest BCUT2D eigenvalue weighted by molar-refractivity contribution is 0.0360. The summed E-state index contributed by atoms with van der Waals surface area (Å²) in [5.41, 5.74) is 3.03.